The molecule has 22 heavy (non-hydrogen) atoms. The van der Waals surface area contributed by atoms with Crippen LogP contribution >= 0.6 is 0 Å². The van der Waals surface area contributed by atoms with Crippen LogP contribution in [0.2, 0.25) is 0 Å². The predicted octanol–water partition coefficient (Wildman–Crippen LogP) is 2.67. The van der Waals surface area contributed by atoms with E-state index in [-0.39, 0.29) is 6.61 Å². The van der Waals surface area contributed by atoms with Crippen molar-refractivity contribution in [2.24, 2.45) is 0 Å². The van der Waals surface area contributed by atoms with E-state index in [1.165, 1.54) is 0 Å². The van der Waals surface area contributed by atoms with Crippen molar-refractivity contribution in [3.05, 3.63) is 35.8 Å². The quantitative estimate of drug-likeness (QED) is 0.422. The Balaban J connectivity index is 1.85. The van der Waals surface area contributed by atoms with Crippen LogP contribution in [0.5, 0.6) is 0 Å². The van der Waals surface area contributed by atoms with Crippen LogP contribution in [-0.4, -0.2) is 29.9 Å². The fraction of sp³-hybridized carbons (Fsp3) is 0.500. The van der Waals surface area contributed by atoms with Gasteiger partial charge in [-0.3, -0.25) is 0 Å². The van der Waals surface area contributed by atoms with E-state index in [4.69, 9.17) is 19.3 Å². The number of aliphatic carboxylic acids is 1. The van der Waals surface area contributed by atoms with Crippen molar-refractivity contribution >= 4 is 11.9 Å². The highest BCUT2D eigenvalue weighted by molar-refractivity contribution is 5.90. The molecule has 6 nitrogen and oxygen atoms in total. The van der Waals surface area contributed by atoms with Gasteiger partial charge in [0, 0.05) is 25.0 Å². The molecule has 0 unspecified atom stereocenters. The van der Waals surface area contributed by atoms with Crippen molar-refractivity contribution in [3.8, 4) is 0 Å². The molecule has 0 spiro atoms. The molecule has 2 rings (SSSR count). The molecule has 0 saturated carbocycles. The van der Waals surface area contributed by atoms with Crippen molar-refractivity contribution < 1.29 is 28.9 Å². The van der Waals surface area contributed by atoms with Crippen LogP contribution in [0.25, 0.3) is 0 Å². The zero-order valence-corrected chi connectivity index (χ0v) is 12.3. The number of carbonyl (C=O) groups excluding carboxylic acids is 1. The Morgan fingerprint density at radius 2 is 1.68 bits per heavy atom. The lowest BCUT2D eigenvalue weighted by Crippen LogP contribution is -2.24. The smallest absolute Gasteiger partial charge is 0.331 e. The van der Waals surface area contributed by atoms with Gasteiger partial charge in [-0.1, -0.05) is 0 Å². The average Bonchev–Trinajstić information content (AvgIpc) is 3.16. The predicted molar refractivity (Wildman–Crippen MR) is 77.6 cm³/mol. The Labute approximate surface area is 129 Å². The molecule has 0 heterocycles. The minimum atomic E-state index is -1.20. The van der Waals surface area contributed by atoms with Crippen LogP contribution in [0.3, 0.4) is 0 Å². The lowest BCUT2D eigenvalue weighted by atomic mass is 10.3. The van der Waals surface area contributed by atoms with E-state index in [1.807, 2.05) is 12.2 Å². The number of carboxylic acids is 1. The maximum atomic E-state index is 11.4. The Morgan fingerprint density at radius 3 is 2.14 bits per heavy atom. The molecule has 0 aromatic rings. The van der Waals surface area contributed by atoms with Crippen molar-refractivity contribution in [1.82, 2.24) is 0 Å². The molecule has 0 amide bonds. The second kappa shape index (κ2) is 8.26. The summed E-state index contributed by atoms with van der Waals surface area (Å²) in [6.07, 6.45) is 10.7. The number of ether oxygens (including phenoxy) is 3. The first-order valence-electron chi connectivity index (χ1n) is 7.42. The molecule has 6 heteroatoms. The Bertz CT molecular complexity index is 477. The highest BCUT2D eigenvalue weighted by atomic mass is 16.7. The SMILES string of the molecule is O=C(O)/C=C\C(=O)OCC(OC1=CCCC1)OC1=CCCC1. The van der Waals surface area contributed by atoms with Crippen LogP contribution in [0.4, 0.5) is 0 Å². The molecule has 0 fully saturated rings. The summed E-state index contributed by atoms with van der Waals surface area (Å²) in [6, 6.07) is 0. The standard InChI is InChI=1S/C16H20O6/c17-14(18)9-10-15(19)20-11-16(21-12-5-1-2-6-12)22-13-7-3-4-8-13/h5,7,9-10,16H,1-4,6,8,11H2,(H,17,18)/b10-9-. The Morgan fingerprint density at radius 1 is 1.09 bits per heavy atom. The maximum absolute atomic E-state index is 11.4. The largest absolute Gasteiger partial charge is 0.478 e. The highest BCUT2D eigenvalue weighted by Gasteiger charge is 2.20. The van der Waals surface area contributed by atoms with Gasteiger partial charge in [0.25, 0.3) is 6.29 Å². The third-order valence-corrected chi connectivity index (χ3v) is 3.29. The Kier molecular flexibility index (Phi) is 6.06. The zero-order chi connectivity index (χ0) is 15.8. The van der Waals surface area contributed by atoms with Gasteiger partial charge < -0.3 is 19.3 Å². The highest BCUT2D eigenvalue weighted by Crippen LogP contribution is 2.24. The third-order valence-electron chi connectivity index (χ3n) is 3.29. The molecule has 2 aliphatic carbocycles. The molecule has 0 aromatic carbocycles. The van der Waals surface area contributed by atoms with E-state index in [0.29, 0.717) is 0 Å². The lowest BCUT2D eigenvalue weighted by molar-refractivity contribution is -0.158. The Hall–Kier alpha value is -2.24. The average molecular weight is 308 g/mol. The number of carboxylic acid groups (broad SMARTS) is 1. The molecule has 0 radical (unpaired) electrons. The number of rotatable bonds is 8. The van der Waals surface area contributed by atoms with Crippen molar-refractivity contribution in [2.45, 2.75) is 44.8 Å². The van der Waals surface area contributed by atoms with Crippen molar-refractivity contribution in [3.63, 3.8) is 0 Å². The van der Waals surface area contributed by atoms with Gasteiger partial charge in [0.15, 0.2) is 6.61 Å². The second-order valence-corrected chi connectivity index (χ2v) is 5.09. The number of hydrogen-bond acceptors (Lipinski definition) is 5. The summed E-state index contributed by atoms with van der Waals surface area (Å²) < 4.78 is 16.4. The maximum Gasteiger partial charge on any atom is 0.331 e. The zero-order valence-electron chi connectivity index (χ0n) is 12.3. The van der Waals surface area contributed by atoms with E-state index in [2.05, 4.69) is 0 Å². The van der Waals surface area contributed by atoms with Gasteiger partial charge in [-0.25, -0.2) is 9.59 Å². The summed E-state index contributed by atoms with van der Waals surface area (Å²) in [7, 11) is 0. The van der Waals surface area contributed by atoms with E-state index in [9.17, 15) is 9.59 Å². The van der Waals surface area contributed by atoms with Crippen LogP contribution in [0, 0.1) is 0 Å². The molecule has 2 aliphatic rings. The van der Waals surface area contributed by atoms with E-state index < -0.39 is 18.2 Å². The van der Waals surface area contributed by atoms with Gasteiger partial charge in [0.1, 0.15) is 0 Å². The number of hydrogen-bond donors (Lipinski definition) is 1. The van der Waals surface area contributed by atoms with Crippen molar-refractivity contribution in [1.29, 1.82) is 0 Å². The van der Waals surface area contributed by atoms with Gasteiger partial charge in [0.05, 0.1) is 11.5 Å². The number of allylic oxidation sites excluding steroid dienone is 4. The first kappa shape index (κ1) is 16.1. The molecule has 0 aromatic heterocycles. The molecule has 120 valence electrons. The van der Waals surface area contributed by atoms with Gasteiger partial charge in [0.2, 0.25) is 0 Å². The topological polar surface area (TPSA) is 82.1 Å². The summed E-state index contributed by atoms with van der Waals surface area (Å²) in [5.41, 5.74) is 0. The monoisotopic (exact) mass is 308 g/mol. The number of carbonyl (C=O) groups is 2. The summed E-state index contributed by atoms with van der Waals surface area (Å²) >= 11 is 0. The molecule has 0 atom stereocenters. The molecule has 0 bridgehead atoms. The second-order valence-electron chi connectivity index (χ2n) is 5.09. The molecular formula is C16H20O6. The molecule has 0 saturated heterocycles. The van der Waals surface area contributed by atoms with Gasteiger partial charge in [-0.2, -0.15) is 0 Å². The third kappa shape index (κ3) is 5.63. The van der Waals surface area contributed by atoms with Gasteiger partial charge in [-0.15, -0.1) is 0 Å². The van der Waals surface area contributed by atoms with Crippen molar-refractivity contribution in [2.75, 3.05) is 6.61 Å². The van der Waals surface area contributed by atoms with Crippen LogP contribution in [0.15, 0.2) is 35.8 Å². The first-order valence-corrected chi connectivity index (χ1v) is 7.42. The minimum Gasteiger partial charge on any atom is -0.478 e. The fourth-order valence-corrected chi connectivity index (χ4v) is 2.26. The first-order chi connectivity index (χ1) is 10.6. The molecule has 0 aliphatic heterocycles. The summed E-state index contributed by atoms with van der Waals surface area (Å²) in [4.78, 5) is 21.8. The van der Waals surface area contributed by atoms with E-state index in [1.54, 1.807) is 0 Å². The minimum absolute atomic E-state index is 0.0858. The van der Waals surface area contributed by atoms with E-state index >= 15 is 0 Å². The molecule has 1 N–H and O–H groups in total. The van der Waals surface area contributed by atoms with Crippen LogP contribution < -0.4 is 0 Å². The normalized spacial score (nSPS) is 17.5. The van der Waals surface area contributed by atoms with Gasteiger partial charge in [-0.05, 0) is 37.8 Å². The van der Waals surface area contributed by atoms with Crippen LogP contribution in [0.1, 0.15) is 38.5 Å². The molecular weight excluding hydrogens is 288 g/mol. The summed E-state index contributed by atoms with van der Waals surface area (Å²) in [6.45, 7) is -0.0858. The summed E-state index contributed by atoms with van der Waals surface area (Å²) in [5.74, 6) is -0.241. The number of esters is 1. The summed E-state index contributed by atoms with van der Waals surface area (Å²) in [5, 5.41) is 8.46. The van der Waals surface area contributed by atoms with Crippen LogP contribution in [-0.2, 0) is 23.8 Å². The fourth-order valence-electron chi connectivity index (χ4n) is 2.26. The van der Waals surface area contributed by atoms with E-state index in [0.717, 1.165) is 62.2 Å². The van der Waals surface area contributed by atoms with Gasteiger partial charge >= 0.3 is 11.9 Å². The lowest BCUT2D eigenvalue weighted by Gasteiger charge is -2.21.